The Hall–Kier alpha value is -2.14. The second-order valence-electron chi connectivity index (χ2n) is 7.26. The molecule has 0 aliphatic carbocycles. The molecule has 0 fully saturated rings. The van der Waals surface area contributed by atoms with Crippen molar-refractivity contribution in [2.24, 2.45) is 5.92 Å². The Kier molecular flexibility index (Phi) is 6.98. The van der Waals surface area contributed by atoms with Crippen LogP contribution in [0, 0.1) is 12.8 Å². The summed E-state index contributed by atoms with van der Waals surface area (Å²) in [5, 5.41) is 0. The molecule has 1 heterocycles. The topological polar surface area (TPSA) is 49.6 Å². The molecule has 2 aromatic rings. The highest BCUT2D eigenvalue weighted by Gasteiger charge is 2.22. The lowest BCUT2D eigenvalue weighted by atomic mass is 10.0. The summed E-state index contributed by atoms with van der Waals surface area (Å²) in [6.45, 7) is 12.8. The van der Waals surface area contributed by atoms with Gasteiger partial charge in [0.1, 0.15) is 6.26 Å². The van der Waals surface area contributed by atoms with Crippen molar-refractivity contribution in [2.45, 2.75) is 53.8 Å². The van der Waals surface area contributed by atoms with E-state index >= 15 is 0 Å². The number of hydrogen-bond acceptors (Lipinski definition) is 4. The number of amides is 1. The number of carbonyl (C=O) groups excluding carboxylic acids is 1. The van der Waals surface area contributed by atoms with Crippen molar-refractivity contribution in [3.8, 4) is 0 Å². The van der Waals surface area contributed by atoms with Crippen LogP contribution in [0.4, 0.5) is 0 Å². The van der Waals surface area contributed by atoms with Gasteiger partial charge in [-0.15, -0.1) is 0 Å². The van der Waals surface area contributed by atoms with E-state index in [1.54, 1.807) is 11.9 Å². The number of carbonyl (C=O) groups is 1. The largest absolute Gasteiger partial charge is 0.447 e. The summed E-state index contributed by atoms with van der Waals surface area (Å²) in [5.41, 5.74) is 2.95. The molecule has 1 atom stereocenters. The van der Waals surface area contributed by atoms with Crippen LogP contribution in [0.1, 0.15) is 55.2 Å². The van der Waals surface area contributed by atoms with Crippen molar-refractivity contribution in [2.75, 3.05) is 13.6 Å². The summed E-state index contributed by atoms with van der Waals surface area (Å²) in [6.07, 6.45) is 1.47. The zero-order chi connectivity index (χ0) is 19.3. The predicted octanol–water partition coefficient (Wildman–Crippen LogP) is 4.12. The summed E-state index contributed by atoms with van der Waals surface area (Å²) >= 11 is 0. The number of aromatic nitrogens is 1. The molecule has 1 unspecified atom stereocenters. The van der Waals surface area contributed by atoms with Crippen LogP contribution in [0.15, 0.2) is 34.9 Å². The Balaban J connectivity index is 2.18. The highest BCUT2D eigenvalue weighted by atomic mass is 16.3. The Morgan fingerprint density at radius 3 is 2.50 bits per heavy atom. The first-order chi connectivity index (χ1) is 12.3. The smallest absolute Gasteiger partial charge is 0.275 e. The molecule has 1 amide bonds. The second-order valence-corrected chi connectivity index (χ2v) is 7.26. The molecular weight excluding hydrogens is 326 g/mol. The van der Waals surface area contributed by atoms with Crippen molar-refractivity contribution >= 4 is 5.91 Å². The minimum atomic E-state index is -0.107. The van der Waals surface area contributed by atoms with Gasteiger partial charge in [0.2, 0.25) is 5.89 Å². The number of oxazole rings is 1. The molecule has 0 aliphatic heterocycles. The first-order valence-electron chi connectivity index (χ1n) is 9.31. The summed E-state index contributed by atoms with van der Waals surface area (Å²) in [6, 6.07) is 8.79. The molecule has 0 aliphatic rings. The van der Waals surface area contributed by atoms with Crippen molar-refractivity contribution in [3.05, 3.63) is 53.2 Å². The van der Waals surface area contributed by atoms with Crippen LogP contribution in [0.3, 0.4) is 0 Å². The summed E-state index contributed by atoms with van der Waals surface area (Å²) in [4.78, 5) is 20.7. The molecule has 1 aromatic heterocycles. The van der Waals surface area contributed by atoms with Crippen LogP contribution in [-0.2, 0) is 13.1 Å². The first kappa shape index (κ1) is 20.2. The quantitative estimate of drug-likeness (QED) is 0.713. The fourth-order valence-corrected chi connectivity index (χ4v) is 2.77. The van der Waals surface area contributed by atoms with Crippen molar-refractivity contribution in [3.63, 3.8) is 0 Å². The van der Waals surface area contributed by atoms with E-state index in [0.717, 1.165) is 6.54 Å². The molecule has 0 saturated heterocycles. The van der Waals surface area contributed by atoms with Gasteiger partial charge in [-0.05, 0) is 37.8 Å². The van der Waals surface area contributed by atoms with Gasteiger partial charge < -0.3 is 9.32 Å². The van der Waals surface area contributed by atoms with Gasteiger partial charge in [-0.25, -0.2) is 4.98 Å². The van der Waals surface area contributed by atoms with E-state index in [0.29, 0.717) is 36.6 Å². The van der Waals surface area contributed by atoms with E-state index in [9.17, 15) is 4.79 Å². The third kappa shape index (κ3) is 4.94. The van der Waals surface area contributed by atoms with Crippen LogP contribution in [0.5, 0.6) is 0 Å². The van der Waals surface area contributed by atoms with Crippen LogP contribution in [-0.4, -0.2) is 40.3 Å². The van der Waals surface area contributed by atoms with E-state index in [2.05, 4.69) is 61.8 Å². The Bertz CT molecular complexity index is 724. The molecule has 0 saturated carbocycles. The third-order valence-electron chi connectivity index (χ3n) is 5.11. The Labute approximate surface area is 157 Å². The lowest BCUT2D eigenvalue weighted by Gasteiger charge is -2.31. The van der Waals surface area contributed by atoms with Gasteiger partial charge in [0.05, 0.1) is 6.54 Å². The standard InChI is InChI=1S/C21H31N3O2/c1-7-23(6)21(25)19-14-26-20(22-19)13-24(17(5)15(2)3)12-18-11-9-8-10-16(18)4/h8-11,14-15,17H,7,12-13H2,1-6H3. The molecule has 0 radical (unpaired) electrons. The van der Waals surface area contributed by atoms with Gasteiger partial charge in [0.15, 0.2) is 5.69 Å². The van der Waals surface area contributed by atoms with Crippen molar-refractivity contribution < 1.29 is 9.21 Å². The van der Waals surface area contributed by atoms with Gasteiger partial charge in [-0.1, -0.05) is 38.1 Å². The highest BCUT2D eigenvalue weighted by molar-refractivity contribution is 5.91. The molecule has 2 rings (SSSR count). The normalized spacial score (nSPS) is 12.6. The number of benzene rings is 1. The minimum Gasteiger partial charge on any atom is -0.447 e. The molecule has 1 aromatic carbocycles. The van der Waals surface area contributed by atoms with Crippen molar-refractivity contribution in [1.29, 1.82) is 0 Å². The fraction of sp³-hybridized carbons (Fsp3) is 0.524. The number of rotatable bonds is 8. The molecule has 142 valence electrons. The molecule has 0 bridgehead atoms. The summed E-state index contributed by atoms with van der Waals surface area (Å²) < 4.78 is 5.61. The van der Waals surface area contributed by atoms with E-state index < -0.39 is 0 Å². The molecular formula is C21H31N3O2. The van der Waals surface area contributed by atoms with Gasteiger partial charge in [-0.2, -0.15) is 0 Å². The second kappa shape index (κ2) is 8.99. The molecule has 5 heteroatoms. The average molecular weight is 357 g/mol. The van der Waals surface area contributed by atoms with E-state index in [-0.39, 0.29) is 5.91 Å². The van der Waals surface area contributed by atoms with Crippen LogP contribution < -0.4 is 0 Å². The predicted molar refractivity (Wildman–Crippen MR) is 104 cm³/mol. The molecule has 26 heavy (non-hydrogen) atoms. The monoisotopic (exact) mass is 357 g/mol. The maximum absolute atomic E-state index is 12.2. The molecule has 5 nitrogen and oxygen atoms in total. The minimum absolute atomic E-state index is 0.107. The van der Waals surface area contributed by atoms with Gasteiger partial charge >= 0.3 is 0 Å². The first-order valence-corrected chi connectivity index (χ1v) is 9.31. The average Bonchev–Trinajstić information content (AvgIpc) is 3.09. The summed E-state index contributed by atoms with van der Waals surface area (Å²) in [5.74, 6) is 0.977. The number of aryl methyl sites for hydroxylation is 1. The van der Waals surface area contributed by atoms with E-state index in [1.807, 2.05) is 6.92 Å². The zero-order valence-corrected chi connectivity index (χ0v) is 16.8. The fourth-order valence-electron chi connectivity index (χ4n) is 2.77. The van der Waals surface area contributed by atoms with Gasteiger partial charge in [-0.3, -0.25) is 9.69 Å². The Morgan fingerprint density at radius 1 is 1.19 bits per heavy atom. The van der Waals surface area contributed by atoms with E-state index in [1.165, 1.54) is 17.4 Å². The van der Waals surface area contributed by atoms with Crippen LogP contribution >= 0.6 is 0 Å². The highest BCUT2D eigenvalue weighted by Crippen LogP contribution is 2.20. The SMILES string of the molecule is CCN(C)C(=O)c1coc(CN(Cc2ccccc2C)C(C)C(C)C)n1. The summed E-state index contributed by atoms with van der Waals surface area (Å²) in [7, 11) is 1.77. The Morgan fingerprint density at radius 2 is 1.88 bits per heavy atom. The zero-order valence-electron chi connectivity index (χ0n) is 16.8. The maximum atomic E-state index is 12.2. The van der Waals surface area contributed by atoms with Crippen LogP contribution in [0.2, 0.25) is 0 Å². The lowest BCUT2D eigenvalue weighted by Crippen LogP contribution is -2.36. The maximum Gasteiger partial charge on any atom is 0.275 e. The van der Waals surface area contributed by atoms with Gasteiger partial charge in [0, 0.05) is 26.2 Å². The van der Waals surface area contributed by atoms with Gasteiger partial charge in [0.25, 0.3) is 5.91 Å². The van der Waals surface area contributed by atoms with Crippen LogP contribution in [0.25, 0.3) is 0 Å². The third-order valence-corrected chi connectivity index (χ3v) is 5.11. The van der Waals surface area contributed by atoms with Crippen molar-refractivity contribution in [1.82, 2.24) is 14.8 Å². The van der Waals surface area contributed by atoms with E-state index in [4.69, 9.17) is 4.42 Å². The molecule has 0 spiro atoms. The number of nitrogens with zero attached hydrogens (tertiary/aromatic N) is 3. The molecule has 0 N–H and O–H groups in total. The lowest BCUT2D eigenvalue weighted by molar-refractivity contribution is 0.0796. The number of hydrogen-bond donors (Lipinski definition) is 0.